The average Bonchev–Trinajstić information content (AvgIpc) is 3.10. The Bertz CT molecular complexity index is 1280. The lowest BCUT2D eigenvalue weighted by atomic mass is 10.1. The van der Waals surface area contributed by atoms with E-state index >= 15 is 0 Å². The van der Waals surface area contributed by atoms with E-state index in [1.807, 2.05) is 61.9 Å². The molecule has 31 heavy (non-hydrogen) atoms. The van der Waals surface area contributed by atoms with Crippen LogP contribution in [-0.2, 0) is 11.3 Å². The van der Waals surface area contributed by atoms with Crippen LogP contribution in [0.25, 0.3) is 16.7 Å². The minimum absolute atomic E-state index is 0.322. The summed E-state index contributed by atoms with van der Waals surface area (Å²) in [5, 5.41) is 6.39. The standard InChI is InChI=1S/C24H22ClN3O3/c1-14-12-21(31-13-17-8-10-18(11-9-17)24(29)30-4)26-23-22(14)16(3)27-28(23)20-7-5-6-19(25)15(20)2/h5-12H,13H2,1-4H3. The lowest BCUT2D eigenvalue weighted by Crippen LogP contribution is -2.04. The fourth-order valence-electron chi connectivity index (χ4n) is 3.55. The van der Waals surface area contributed by atoms with Crippen molar-refractivity contribution in [3.8, 4) is 11.6 Å². The van der Waals surface area contributed by atoms with Crippen molar-refractivity contribution in [3.63, 3.8) is 0 Å². The Hall–Kier alpha value is -3.38. The zero-order chi connectivity index (χ0) is 22.1. The molecule has 2 aromatic carbocycles. The lowest BCUT2D eigenvalue weighted by molar-refractivity contribution is 0.0600. The first-order valence-corrected chi connectivity index (χ1v) is 10.2. The van der Waals surface area contributed by atoms with E-state index in [9.17, 15) is 4.79 Å². The number of hydrogen-bond donors (Lipinski definition) is 0. The highest BCUT2D eigenvalue weighted by molar-refractivity contribution is 6.31. The van der Waals surface area contributed by atoms with Gasteiger partial charge in [-0.15, -0.1) is 0 Å². The molecular formula is C24H22ClN3O3. The molecule has 4 rings (SSSR count). The van der Waals surface area contributed by atoms with Crippen LogP contribution in [0.15, 0.2) is 48.5 Å². The van der Waals surface area contributed by atoms with Crippen molar-refractivity contribution in [2.75, 3.05) is 7.11 Å². The molecule has 0 aliphatic carbocycles. The van der Waals surface area contributed by atoms with Crippen molar-refractivity contribution in [2.45, 2.75) is 27.4 Å². The number of halogens is 1. The number of ether oxygens (including phenoxy) is 2. The molecule has 0 radical (unpaired) electrons. The summed E-state index contributed by atoms with van der Waals surface area (Å²) < 4.78 is 12.5. The number of pyridine rings is 1. The van der Waals surface area contributed by atoms with Crippen LogP contribution in [0.1, 0.15) is 32.7 Å². The van der Waals surface area contributed by atoms with E-state index in [-0.39, 0.29) is 5.97 Å². The zero-order valence-corrected chi connectivity index (χ0v) is 18.5. The molecule has 158 valence electrons. The molecule has 0 aliphatic rings. The maximum absolute atomic E-state index is 11.6. The number of aromatic nitrogens is 3. The Morgan fingerprint density at radius 3 is 2.55 bits per heavy atom. The third kappa shape index (κ3) is 3.99. The van der Waals surface area contributed by atoms with Crippen molar-refractivity contribution in [1.29, 1.82) is 0 Å². The maximum Gasteiger partial charge on any atom is 0.337 e. The van der Waals surface area contributed by atoms with E-state index in [1.54, 1.807) is 12.1 Å². The molecule has 0 amide bonds. The van der Waals surface area contributed by atoms with Gasteiger partial charge < -0.3 is 9.47 Å². The van der Waals surface area contributed by atoms with Gasteiger partial charge in [-0.25, -0.2) is 9.48 Å². The topological polar surface area (TPSA) is 66.2 Å². The van der Waals surface area contributed by atoms with Gasteiger partial charge in [0, 0.05) is 16.5 Å². The van der Waals surface area contributed by atoms with Gasteiger partial charge in [0.05, 0.1) is 24.1 Å². The third-order valence-electron chi connectivity index (χ3n) is 5.22. The van der Waals surface area contributed by atoms with Gasteiger partial charge in [-0.2, -0.15) is 10.1 Å². The molecule has 0 spiro atoms. The SMILES string of the molecule is COC(=O)c1ccc(COc2cc(C)c3c(C)nn(-c4cccc(Cl)c4C)c3n2)cc1. The van der Waals surface area contributed by atoms with Gasteiger partial charge in [0.2, 0.25) is 5.88 Å². The number of aryl methyl sites for hydroxylation is 2. The highest BCUT2D eigenvalue weighted by Crippen LogP contribution is 2.29. The molecule has 0 N–H and O–H groups in total. The van der Waals surface area contributed by atoms with Gasteiger partial charge in [0.1, 0.15) is 6.61 Å². The molecule has 0 fully saturated rings. The number of fused-ring (bicyclic) bond motifs is 1. The van der Waals surface area contributed by atoms with Gasteiger partial charge >= 0.3 is 5.97 Å². The molecule has 2 aromatic heterocycles. The molecule has 0 saturated carbocycles. The molecule has 0 aliphatic heterocycles. The summed E-state index contributed by atoms with van der Waals surface area (Å²) in [5.74, 6) is 0.137. The smallest absolute Gasteiger partial charge is 0.337 e. The largest absolute Gasteiger partial charge is 0.473 e. The summed E-state index contributed by atoms with van der Waals surface area (Å²) in [6, 6.07) is 14.7. The fraction of sp³-hybridized carbons (Fsp3) is 0.208. The highest BCUT2D eigenvalue weighted by atomic mass is 35.5. The van der Waals surface area contributed by atoms with E-state index in [2.05, 4.69) is 0 Å². The van der Waals surface area contributed by atoms with E-state index in [0.717, 1.165) is 39.1 Å². The van der Waals surface area contributed by atoms with Crippen molar-refractivity contribution in [1.82, 2.24) is 14.8 Å². The molecular weight excluding hydrogens is 414 g/mol. The van der Waals surface area contributed by atoms with Gasteiger partial charge in [-0.1, -0.05) is 29.8 Å². The number of benzene rings is 2. The monoisotopic (exact) mass is 435 g/mol. The maximum atomic E-state index is 11.6. The molecule has 7 heteroatoms. The number of esters is 1. The first-order valence-electron chi connectivity index (χ1n) is 9.81. The minimum atomic E-state index is -0.366. The Morgan fingerprint density at radius 1 is 1.10 bits per heavy atom. The van der Waals surface area contributed by atoms with Crippen LogP contribution in [0, 0.1) is 20.8 Å². The molecule has 6 nitrogen and oxygen atoms in total. The summed E-state index contributed by atoms with van der Waals surface area (Å²) in [6.07, 6.45) is 0. The molecule has 0 unspecified atom stereocenters. The van der Waals surface area contributed by atoms with Gasteiger partial charge in [0.15, 0.2) is 5.65 Å². The van der Waals surface area contributed by atoms with Crippen LogP contribution in [0.2, 0.25) is 5.02 Å². The summed E-state index contributed by atoms with van der Waals surface area (Å²) in [5.41, 5.74) is 5.88. The molecule has 0 atom stereocenters. The van der Waals surface area contributed by atoms with Crippen molar-refractivity contribution in [3.05, 3.63) is 81.5 Å². The van der Waals surface area contributed by atoms with Gasteiger partial charge in [-0.3, -0.25) is 0 Å². The van der Waals surface area contributed by atoms with Gasteiger partial charge in [-0.05, 0) is 61.7 Å². The van der Waals surface area contributed by atoms with Crippen LogP contribution >= 0.6 is 11.6 Å². The van der Waals surface area contributed by atoms with E-state index in [0.29, 0.717) is 23.1 Å². The molecule has 4 aromatic rings. The van der Waals surface area contributed by atoms with Crippen molar-refractivity contribution in [2.24, 2.45) is 0 Å². The molecule has 0 bridgehead atoms. The summed E-state index contributed by atoms with van der Waals surface area (Å²) >= 11 is 6.33. The minimum Gasteiger partial charge on any atom is -0.473 e. The highest BCUT2D eigenvalue weighted by Gasteiger charge is 2.17. The number of nitrogens with zero attached hydrogens (tertiary/aromatic N) is 3. The first-order chi connectivity index (χ1) is 14.9. The van der Waals surface area contributed by atoms with Crippen LogP contribution in [0.5, 0.6) is 5.88 Å². The summed E-state index contributed by atoms with van der Waals surface area (Å²) in [6.45, 7) is 6.27. The predicted molar refractivity (Wildman–Crippen MR) is 120 cm³/mol. The lowest BCUT2D eigenvalue weighted by Gasteiger charge is -2.10. The van der Waals surface area contributed by atoms with Crippen molar-refractivity contribution < 1.29 is 14.3 Å². The second kappa shape index (κ2) is 8.40. The number of carbonyl (C=O) groups is 1. The predicted octanol–water partition coefficient (Wildman–Crippen LogP) is 5.36. The first kappa shape index (κ1) is 20.9. The normalized spacial score (nSPS) is 11.0. The summed E-state index contributed by atoms with van der Waals surface area (Å²) in [7, 11) is 1.36. The van der Waals surface area contributed by atoms with Crippen LogP contribution in [0.4, 0.5) is 0 Å². The second-order valence-electron chi connectivity index (χ2n) is 7.33. The van der Waals surface area contributed by atoms with Gasteiger partial charge in [0.25, 0.3) is 0 Å². The van der Waals surface area contributed by atoms with Crippen LogP contribution in [-0.4, -0.2) is 27.8 Å². The van der Waals surface area contributed by atoms with Crippen LogP contribution in [0.3, 0.4) is 0 Å². The number of rotatable bonds is 5. The molecule has 2 heterocycles. The summed E-state index contributed by atoms with van der Waals surface area (Å²) in [4.78, 5) is 16.3. The Morgan fingerprint density at radius 2 is 1.84 bits per heavy atom. The number of hydrogen-bond acceptors (Lipinski definition) is 5. The Balaban J connectivity index is 1.67. The van der Waals surface area contributed by atoms with E-state index < -0.39 is 0 Å². The van der Waals surface area contributed by atoms with Crippen molar-refractivity contribution >= 4 is 28.6 Å². The molecule has 0 saturated heterocycles. The average molecular weight is 436 g/mol. The number of methoxy groups -OCH3 is 1. The Labute approximate surface area is 185 Å². The second-order valence-corrected chi connectivity index (χ2v) is 7.74. The van der Waals surface area contributed by atoms with E-state index in [1.165, 1.54) is 7.11 Å². The van der Waals surface area contributed by atoms with Crippen LogP contribution < -0.4 is 4.74 Å². The zero-order valence-electron chi connectivity index (χ0n) is 17.8. The quantitative estimate of drug-likeness (QED) is 0.394. The Kier molecular flexibility index (Phi) is 5.65. The third-order valence-corrected chi connectivity index (χ3v) is 5.62. The fourth-order valence-corrected chi connectivity index (χ4v) is 3.72. The van der Waals surface area contributed by atoms with E-state index in [4.69, 9.17) is 31.2 Å². The number of carbonyl (C=O) groups excluding carboxylic acids is 1.